The number of fused-ring (bicyclic) bond motifs is 1. The smallest absolute Gasteiger partial charge is 0.136 e. The number of pyridine rings is 2. The Morgan fingerprint density at radius 1 is 1.12 bits per heavy atom. The summed E-state index contributed by atoms with van der Waals surface area (Å²) in [7, 11) is 4.04. The SMILES string of the molecule is CC.CN(C)c1ccc(-c2cc3ncccc3c(NCCC#N)n2)cc1. The zero-order valence-electron chi connectivity index (χ0n) is 15.8. The highest BCUT2D eigenvalue weighted by Gasteiger charge is 2.08. The van der Waals surface area contributed by atoms with Crippen molar-refractivity contribution in [3.05, 3.63) is 48.7 Å². The molecule has 0 fully saturated rings. The fraction of sp³-hybridized carbons (Fsp3) is 0.286. The number of nitrogens with one attached hydrogen (secondary N) is 1. The molecule has 0 bridgehead atoms. The van der Waals surface area contributed by atoms with Crippen molar-refractivity contribution in [2.24, 2.45) is 0 Å². The fourth-order valence-corrected chi connectivity index (χ4v) is 2.53. The molecular formula is C21H25N5. The number of anilines is 2. The van der Waals surface area contributed by atoms with E-state index in [2.05, 4.69) is 45.5 Å². The first-order valence-corrected chi connectivity index (χ1v) is 8.83. The Morgan fingerprint density at radius 3 is 2.50 bits per heavy atom. The molecule has 0 saturated carbocycles. The molecule has 1 N–H and O–H groups in total. The van der Waals surface area contributed by atoms with Crippen LogP contribution in [0, 0.1) is 11.3 Å². The van der Waals surface area contributed by atoms with Crippen molar-refractivity contribution in [1.82, 2.24) is 9.97 Å². The molecule has 0 spiro atoms. The van der Waals surface area contributed by atoms with Gasteiger partial charge in [-0.05, 0) is 30.3 Å². The Hall–Kier alpha value is -3.13. The van der Waals surface area contributed by atoms with Crippen LogP contribution in [0.3, 0.4) is 0 Å². The molecule has 0 aliphatic carbocycles. The van der Waals surface area contributed by atoms with E-state index < -0.39 is 0 Å². The van der Waals surface area contributed by atoms with E-state index in [9.17, 15) is 0 Å². The van der Waals surface area contributed by atoms with Crippen molar-refractivity contribution in [3.8, 4) is 17.3 Å². The molecule has 1 aromatic carbocycles. The number of nitrogens with zero attached hydrogens (tertiary/aromatic N) is 4. The van der Waals surface area contributed by atoms with Crippen LogP contribution in [0.2, 0.25) is 0 Å². The summed E-state index contributed by atoms with van der Waals surface area (Å²) >= 11 is 0. The predicted octanol–water partition coefficient (Wildman–Crippen LogP) is 4.71. The lowest BCUT2D eigenvalue weighted by molar-refractivity contribution is 1.06. The maximum atomic E-state index is 8.73. The van der Waals surface area contributed by atoms with Crippen LogP contribution in [0.5, 0.6) is 0 Å². The van der Waals surface area contributed by atoms with Gasteiger partial charge in [-0.3, -0.25) is 4.98 Å². The molecule has 0 amide bonds. The molecule has 0 aliphatic rings. The Kier molecular flexibility index (Phi) is 6.92. The van der Waals surface area contributed by atoms with E-state index in [-0.39, 0.29) is 0 Å². The number of hydrogen-bond donors (Lipinski definition) is 1. The van der Waals surface area contributed by atoms with Crippen molar-refractivity contribution in [1.29, 1.82) is 5.26 Å². The molecule has 3 rings (SSSR count). The van der Waals surface area contributed by atoms with Gasteiger partial charge in [-0.25, -0.2) is 4.98 Å². The van der Waals surface area contributed by atoms with Gasteiger partial charge in [0.05, 0.1) is 23.7 Å². The average molecular weight is 347 g/mol. The summed E-state index contributed by atoms with van der Waals surface area (Å²) in [6, 6.07) is 16.3. The van der Waals surface area contributed by atoms with Crippen LogP contribution in [0.1, 0.15) is 20.3 Å². The van der Waals surface area contributed by atoms with Crippen molar-refractivity contribution in [2.45, 2.75) is 20.3 Å². The van der Waals surface area contributed by atoms with Crippen LogP contribution in [0.4, 0.5) is 11.5 Å². The Labute approximate surface area is 155 Å². The standard InChI is InChI=1S/C19H19N5.C2H6/c1-24(2)15-8-6-14(7-9-15)17-13-18-16(5-3-11-21-18)19(23-17)22-12-4-10-20;1-2/h3,5-9,11,13H,4,12H2,1-2H3,(H,22,23);1-2H3. The monoisotopic (exact) mass is 347 g/mol. The van der Waals surface area contributed by atoms with Crippen LogP contribution in [0.15, 0.2) is 48.7 Å². The predicted molar refractivity (Wildman–Crippen MR) is 109 cm³/mol. The third kappa shape index (κ3) is 4.48. The summed E-state index contributed by atoms with van der Waals surface area (Å²) in [5.74, 6) is 0.766. The molecule has 0 aliphatic heterocycles. The van der Waals surface area contributed by atoms with Crippen molar-refractivity contribution >= 4 is 22.4 Å². The second-order valence-corrected chi connectivity index (χ2v) is 5.70. The largest absolute Gasteiger partial charge is 0.378 e. The van der Waals surface area contributed by atoms with Gasteiger partial charge < -0.3 is 10.2 Å². The second kappa shape index (κ2) is 9.38. The summed E-state index contributed by atoms with van der Waals surface area (Å²) in [4.78, 5) is 11.3. The number of benzene rings is 1. The normalized spacial score (nSPS) is 9.81. The molecule has 0 radical (unpaired) electrons. The minimum atomic E-state index is 0.436. The van der Waals surface area contributed by atoms with E-state index in [0.29, 0.717) is 13.0 Å². The lowest BCUT2D eigenvalue weighted by atomic mass is 10.1. The van der Waals surface area contributed by atoms with E-state index in [4.69, 9.17) is 10.2 Å². The molecule has 2 aromatic heterocycles. The van der Waals surface area contributed by atoms with Gasteiger partial charge in [0.2, 0.25) is 0 Å². The van der Waals surface area contributed by atoms with E-state index in [0.717, 1.165) is 33.7 Å². The summed E-state index contributed by atoms with van der Waals surface area (Å²) < 4.78 is 0. The number of nitriles is 1. The van der Waals surface area contributed by atoms with Gasteiger partial charge in [-0.1, -0.05) is 26.0 Å². The average Bonchev–Trinajstić information content (AvgIpc) is 2.69. The zero-order chi connectivity index (χ0) is 18.9. The van der Waals surface area contributed by atoms with Crippen molar-refractivity contribution < 1.29 is 0 Å². The molecule has 26 heavy (non-hydrogen) atoms. The van der Waals surface area contributed by atoms with Crippen LogP contribution in [-0.4, -0.2) is 30.6 Å². The lowest BCUT2D eigenvalue weighted by Crippen LogP contribution is -2.08. The van der Waals surface area contributed by atoms with E-state index in [1.165, 1.54) is 0 Å². The first-order chi connectivity index (χ1) is 12.7. The molecule has 0 saturated heterocycles. The van der Waals surface area contributed by atoms with Gasteiger partial charge in [0.1, 0.15) is 5.82 Å². The molecule has 134 valence electrons. The highest BCUT2D eigenvalue weighted by Crippen LogP contribution is 2.27. The lowest BCUT2D eigenvalue weighted by Gasteiger charge is -2.13. The van der Waals surface area contributed by atoms with Crippen molar-refractivity contribution in [3.63, 3.8) is 0 Å². The van der Waals surface area contributed by atoms with Gasteiger partial charge in [0.15, 0.2) is 0 Å². The first kappa shape index (κ1) is 19.2. The Morgan fingerprint density at radius 2 is 1.85 bits per heavy atom. The van der Waals surface area contributed by atoms with Gasteiger partial charge in [0.25, 0.3) is 0 Å². The topological polar surface area (TPSA) is 64.8 Å². The number of hydrogen-bond acceptors (Lipinski definition) is 5. The molecule has 0 unspecified atom stereocenters. The third-order valence-electron chi connectivity index (χ3n) is 3.81. The van der Waals surface area contributed by atoms with Crippen LogP contribution < -0.4 is 10.2 Å². The van der Waals surface area contributed by atoms with E-state index >= 15 is 0 Å². The maximum absolute atomic E-state index is 8.73. The summed E-state index contributed by atoms with van der Waals surface area (Å²) in [6.45, 7) is 4.57. The van der Waals surface area contributed by atoms with E-state index in [1.807, 2.05) is 46.1 Å². The zero-order valence-corrected chi connectivity index (χ0v) is 15.8. The fourth-order valence-electron chi connectivity index (χ4n) is 2.53. The first-order valence-electron chi connectivity index (χ1n) is 8.83. The number of rotatable bonds is 5. The summed E-state index contributed by atoms with van der Waals surface area (Å²) in [6.07, 6.45) is 2.21. The van der Waals surface area contributed by atoms with Crippen LogP contribution in [-0.2, 0) is 0 Å². The minimum Gasteiger partial charge on any atom is -0.378 e. The molecule has 2 heterocycles. The quantitative estimate of drug-likeness (QED) is 0.677. The molecule has 5 heteroatoms. The van der Waals surface area contributed by atoms with Gasteiger partial charge in [-0.15, -0.1) is 0 Å². The molecule has 3 aromatic rings. The van der Waals surface area contributed by atoms with Gasteiger partial charge in [-0.2, -0.15) is 5.26 Å². The Balaban J connectivity index is 0.00000117. The maximum Gasteiger partial charge on any atom is 0.136 e. The Bertz CT molecular complexity index is 879. The molecule has 5 nitrogen and oxygen atoms in total. The highest BCUT2D eigenvalue weighted by atomic mass is 15.1. The summed E-state index contributed by atoms with van der Waals surface area (Å²) in [5, 5.41) is 12.9. The van der Waals surface area contributed by atoms with Gasteiger partial charge in [0, 0.05) is 43.5 Å². The summed E-state index contributed by atoms with van der Waals surface area (Å²) in [5.41, 5.74) is 3.94. The molecule has 0 atom stereocenters. The highest BCUT2D eigenvalue weighted by molar-refractivity contribution is 5.92. The third-order valence-corrected chi connectivity index (χ3v) is 3.81. The van der Waals surface area contributed by atoms with Crippen molar-refractivity contribution in [2.75, 3.05) is 30.9 Å². The van der Waals surface area contributed by atoms with Crippen LogP contribution >= 0.6 is 0 Å². The van der Waals surface area contributed by atoms with Crippen LogP contribution in [0.25, 0.3) is 22.2 Å². The number of aromatic nitrogens is 2. The minimum absolute atomic E-state index is 0.436. The van der Waals surface area contributed by atoms with E-state index in [1.54, 1.807) is 6.20 Å². The molecular weight excluding hydrogens is 322 g/mol. The second-order valence-electron chi connectivity index (χ2n) is 5.70. The van der Waals surface area contributed by atoms with Gasteiger partial charge >= 0.3 is 0 Å².